The maximum Gasteiger partial charge on any atom is 0.120 e. The van der Waals surface area contributed by atoms with Crippen LogP contribution in [0.2, 0.25) is 0 Å². The number of oxime groups is 1. The summed E-state index contributed by atoms with van der Waals surface area (Å²) in [5.74, 6) is 0.956. The lowest BCUT2D eigenvalue weighted by Gasteiger charge is -2.23. The molecule has 2 atom stereocenters. The first-order valence-corrected chi connectivity index (χ1v) is 8.67. The molecule has 0 spiro atoms. The minimum Gasteiger partial charge on any atom is -0.395 e. The summed E-state index contributed by atoms with van der Waals surface area (Å²) in [5, 5.41) is 4.52. The van der Waals surface area contributed by atoms with Crippen LogP contribution in [-0.2, 0) is 4.84 Å². The van der Waals surface area contributed by atoms with E-state index in [1.807, 2.05) is 0 Å². The van der Waals surface area contributed by atoms with Gasteiger partial charge in [-0.2, -0.15) is 0 Å². The number of hydrogen-bond acceptors (Lipinski definition) is 3. The second-order valence-corrected chi connectivity index (χ2v) is 7.01. The van der Waals surface area contributed by atoms with E-state index in [9.17, 15) is 0 Å². The Balaban J connectivity index is 2.05. The molecule has 23 heavy (non-hydrogen) atoms. The lowest BCUT2D eigenvalue weighted by atomic mass is 9.84. The van der Waals surface area contributed by atoms with Gasteiger partial charge < -0.3 is 9.74 Å². The maximum absolute atomic E-state index is 5.69. The fourth-order valence-corrected chi connectivity index (χ4v) is 3.14. The van der Waals surface area contributed by atoms with Crippen LogP contribution in [0.5, 0.6) is 0 Å². The molecule has 0 unspecified atom stereocenters. The number of allylic oxidation sites excluding steroid dienone is 1. The molecule has 0 bridgehead atoms. The Labute approximate surface area is 141 Å². The highest BCUT2D eigenvalue weighted by Gasteiger charge is 2.21. The van der Waals surface area contributed by atoms with E-state index >= 15 is 0 Å². The third kappa shape index (κ3) is 5.83. The Morgan fingerprint density at radius 2 is 2.04 bits per heavy atom. The van der Waals surface area contributed by atoms with E-state index in [4.69, 9.17) is 4.84 Å². The fourth-order valence-electron chi connectivity index (χ4n) is 3.14. The number of hydrogen-bond donors (Lipinski definition) is 0. The molecule has 1 aliphatic carbocycles. The summed E-state index contributed by atoms with van der Waals surface area (Å²) in [6, 6.07) is 10.5. The van der Waals surface area contributed by atoms with Gasteiger partial charge in [0.15, 0.2) is 0 Å². The summed E-state index contributed by atoms with van der Waals surface area (Å²) in [4.78, 5) is 7.88. The van der Waals surface area contributed by atoms with Gasteiger partial charge in [0.05, 0.1) is 5.71 Å². The van der Waals surface area contributed by atoms with Crippen LogP contribution < -0.4 is 0 Å². The van der Waals surface area contributed by atoms with Crippen molar-refractivity contribution in [1.82, 2.24) is 4.90 Å². The van der Waals surface area contributed by atoms with Gasteiger partial charge in [-0.15, -0.1) is 0 Å². The Morgan fingerprint density at radius 1 is 1.30 bits per heavy atom. The molecule has 0 N–H and O–H groups in total. The number of benzene rings is 1. The normalized spacial score (nSPS) is 23.4. The van der Waals surface area contributed by atoms with Crippen molar-refractivity contribution in [3.8, 4) is 0 Å². The van der Waals surface area contributed by atoms with Crippen molar-refractivity contribution in [2.24, 2.45) is 17.0 Å². The largest absolute Gasteiger partial charge is 0.395 e. The molecule has 1 aromatic carbocycles. The second-order valence-electron chi connectivity index (χ2n) is 7.01. The molecule has 0 saturated heterocycles. The lowest BCUT2D eigenvalue weighted by Crippen LogP contribution is -2.23. The molecule has 1 fully saturated rings. The highest BCUT2D eigenvalue weighted by Crippen LogP contribution is 2.28. The Morgan fingerprint density at radius 3 is 2.74 bits per heavy atom. The predicted molar refractivity (Wildman–Crippen MR) is 98.5 cm³/mol. The zero-order chi connectivity index (χ0) is 16.7. The highest BCUT2D eigenvalue weighted by atomic mass is 16.6. The van der Waals surface area contributed by atoms with Crippen molar-refractivity contribution >= 4 is 11.8 Å². The average molecular weight is 314 g/mol. The molecular weight excluding hydrogens is 284 g/mol. The summed E-state index contributed by atoms with van der Waals surface area (Å²) in [7, 11) is 4.18. The molecular formula is C20H30N2O. The van der Waals surface area contributed by atoms with Crippen LogP contribution in [0, 0.1) is 11.8 Å². The molecule has 2 rings (SSSR count). The molecule has 0 heterocycles. The van der Waals surface area contributed by atoms with E-state index in [2.05, 4.69) is 74.4 Å². The van der Waals surface area contributed by atoms with Crippen molar-refractivity contribution in [2.45, 2.75) is 33.1 Å². The topological polar surface area (TPSA) is 24.8 Å². The summed E-state index contributed by atoms with van der Waals surface area (Å²) in [6.07, 6.45) is 5.78. The Hall–Kier alpha value is -1.61. The zero-order valence-electron chi connectivity index (χ0n) is 15.0. The van der Waals surface area contributed by atoms with Crippen molar-refractivity contribution in [2.75, 3.05) is 27.2 Å². The molecule has 0 aliphatic heterocycles. The second kappa shape index (κ2) is 8.88. The summed E-state index contributed by atoms with van der Waals surface area (Å²) >= 11 is 0. The van der Waals surface area contributed by atoms with E-state index in [0.717, 1.165) is 18.7 Å². The van der Waals surface area contributed by atoms with E-state index < -0.39 is 0 Å². The standard InChI is InChI=1S/C20H30N2O/c1-16(14-22(3)4)15-23-21-20-17(2)9-8-12-19(20)13-18-10-6-5-7-11-18/h5-7,10-11,13,16-17H,8-9,12,14-15H2,1-4H3/b19-13+,21-20+/t16-,17+/m1/s1. The van der Waals surface area contributed by atoms with E-state index in [1.165, 1.54) is 24.0 Å². The zero-order valence-corrected chi connectivity index (χ0v) is 15.0. The van der Waals surface area contributed by atoms with Gasteiger partial charge >= 0.3 is 0 Å². The van der Waals surface area contributed by atoms with Crippen LogP contribution in [0.15, 0.2) is 41.1 Å². The number of nitrogens with zero attached hydrogens (tertiary/aromatic N) is 2. The molecule has 1 aliphatic rings. The van der Waals surface area contributed by atoms with Gasteiger partial charge in [-0.3, -0.25) is 0 Å². The Kier molecular flexibility index (Phi) is 6.85. The number of rotatable bonds is 6. The van der Waals surface area contributed by atoms with Crippen molar-refractivity contribution in [3.63, 3.8) is 0 Å². The lowest BCUT2D eigenvalue weighted by molar-refractivity contribution is 0.100. The molecule has 0 radical (unpaired) electrons. The molecule has 0 amide bonds. The van der Waals surface area contributed by atoms with Crippen LogP contribution in [0.1, 0.15) is 38.7 Å². The first kappa shape index (κ1) is 17.7. The average Bonchev–Trinajstić information content (AvgIpc) is 2.50. The summed E-state index contributed by atoms with van der Waals surface area (Å²) in [6.45, 7) is 6.15. The minimum absolute atomic E-state index is 0.475. The fraction of sp³-hybridized carbons (Fsp3) is 0.550. The first-order valence-electron chi connectivity index (χ1n) is 8.67. The van der Waals surface area contributed by atoms with Crippen molar-refractivity contribution in [1.29, 1.82) is 0 Å². The minimum atomic E-state index is 0.475. The SMILES string of the molecule is C[C@@H](CO/N=C1/C(=C/c2ccccc2)CCC[C@@H]1C)CN(C)C. The van der Waals surface area contributed by atoms with Gasteiger partial charge in [0.25, 0.3) is 0 Å². The molecule has 1 aromatic rings. The molecule has 3 heteroatoms. The van der Waals surface area contributed by atoms with E-state index in [-0.39, 0.29) is 0 Å². The monoisotopic (exact) mass is 314 g/mol. The van der Waals surface area contributed by atoms with E-state index in [0.29, 0.717) is 18.4 Å². The molecule has 126 valence electrons. The van der Waals surface area contributed by atoms with Crippen LogP contribution in [-0.4, -0.2) is 37.9 Å². The Bertz CT molecular complexity index is 534. The van der Waals surface area contributed by atoms with Gasteiger partial charge in [0, 0.05) is 18.4 Å². The van der Waals surface area contributed by atoms with Gasteiger partial charge in [-0.25, -0.2) is 0 Å². The van der Waals surface area contributed by atoms with Crippen molar-refractivity contribution < 1.29 is 4.84 Å². The smallest absolute Gasteiger partial charge is 0.120 e. The summed E-state index contributed by atoms with van der Waals surface area (Å²) < 4.78 is 0. The van der Waals surface area contributed by atoms with Gasteiger partial charge in [0.1, 0.15) is 6.61 Å². The van der Waals surface area contributed by atoms with Crippen LogP contribution >= 0.6 is 0 Å². The quantitative estimate of drug-likeness (QED) is 0.724. The highest BCUT2D eigenvalue weighted by molar-refractivity contribution is 6.05. The molecule has 0 aromatic heterocycles. The summed E-state index contributed by atoms with van der Waals surface area (Å²) in [5.41, 5.74) is 3.71. The molecule has 1 saturated carbocycles. The van der Waals surface area contributed by atoms with Gasteiger partial charge in [0.2, 0.25) is 0 Å². The first-order chi connectivity index (χ1) is 11.1. The van der Waals surface area contributed by atoms with Gasteiger partial charge in [-0.1, -0.05) is 49.3 Å². The van der Waals surface area contributed by atoms with Crippen molar-refractivity contribution in [3.05, 3.63) is 41.5 Å². The van der Waals surface area contributed by atoms with Crippen LogP contribution in [0.4, 0.5) is 0 Å². The predicted octanol–water partition coefficient (Wildman–Crippen LogP) is 4.46. The van der Waals surface area contributed by atoms with Crippen LogP contribution in [0.3, 0.4) is 0 Å². The third-order valence-corrected chi connectivity index (χ3v) is 4.22. The van der Waals surface area contributed by atoms with Gasteiger partial charge in [-0.05, 0) is 50.6 Å². The maximum atomic E-state index is 5.69. The van der Waals surface area contributed by atoms with E-state index in [1.54, 1.807) is 0 Å². The molecule has 3 nitrogen and oxygen atoms in total. The third-order valence-electron chi connectivity index (χ3n) is 4.22. The van der Waals surface area contributed by atoms with Crippen LogP contribution in [0.25, 0.3) is 6.08 Å².